The molecule has 0 bridgehead atoms. The van der Waals surface area contributed by atoms with E-state index in [2.05, 4.69) is 21.7 Å². The van der Waals surface area contributed by atoms with Gasteiger partial charge in [0, 0.05) is 35.6 Å². The molecule has 0 saturated carbocycles. The molecule has 228 valence electrons. The van der Waals surface area contributed by atoms with E-state index in [9.17, 15) is 14.4 Å². The van der Waals surface area contributed by atoms with E-state index in [0.717, 1.165) is 34.3 Å². The number of aromatic nitrogens is 1. The number of aryl methyl sites for hydroxylation is 1. The lowest BCUT2D eigenvalue weighted by Gasteiger charge is -2.27. The van der Waals surface area contributed by atoms with E-state index in [1.54, 1.807) is 38.4 Å². The summed E-state index contributed by atoms with van der Waals surface area (Å²) < 4.78 is 17.1. The van der Waals surface area contributed by atoms with Gasteiger partial charge in [0.05, 0.1) is 46.1 Å². The number of para-hydroxylation sites is 1. The van der Waals surface area contributed by atoms with Crippen LogP contribution in [0.5, 0.6) is 17.2 Å². The van der Waals surface area contributed by atoms with Gasteiger partial charge in [-0.25, -0.2) is 0 Å². The fourth-order valence-corrected chi connectivity index (χ4v) is 6.54. The van der Waals surface area contributed by atoms with Crippen molar-refractivity contribution in [2.75, 3.05) is 39.7 Å². The SMILES string of the molecule is COc1cc2c(c(OC)c1OC)-c1ccc(NCC(=O)N3CCc4c([nH]c5ccccc45)C3)c(=O)cc1C(NC(C)=O)CC2. The lowest BCUT2D eigenvalue weighted by Crippen LogP contribution is -2.39. The van der Waals surface area contributed by atoms with Gasteiger partial charge in [-0.2, -0.15) is 0 Å². The van der Waals surface area contributed by atoms with Crippen molar-refractivity contribution in [1.82, 2.24) is 15.2 Å². The van der Waals surface area contributed by atoms with Gasteiger partial charge in [-0.3, -0.25) is 14.4 Å². The van der Waals surface area contributed by atoms with Gasteiger partial charge in [-0.05, 0) is 65.8 Å². The molecule has 3 aromatic carbocycles. The minimum absolute atomic E-state index is 0.0282. The summed E-state index contributed by atoms with van der Waals surface area (Å²) in [6.07, 6.45) is 1.94. The molecule has 1 aromatic heterocycles. The lowest BCUT2D eigenvalue weighted by molar-refractivity contribution is -0.130. The van der Waals surface area contributed by atoms with Gasteiger partial charge in [0.1, 0.15) is 0 Å². The molecule has 1 aliphatic carbocycles. The zero-order chi connectivity index (χ0) is 31.0. The monoisotopic (exact) mass is 596 g/mol. The van der Waals surface area contributed by atoms with Crippen molar-refractivity contribution in [3.63, 3.8) is 0 Å². The van der Waals surface area contributed by atoms with Crippen LogP contribution in [0.15, 0.2) is 53.3 Å². The highest BCUT2D eigenvalue weighted by Gasteiger charge is 2.30. The van der Waals surface area contributed by atoms with Crippen LogP contribution in [0.3, 0.4) is 0 Å². The largest absolute Gasteiger partial charge is 0.493 e. The number of carbonyl (C=O) groups excluding carboxylic acids is 2. The first-order valence-corrected chi connectivity index (χ1v) is 14.7. The Morgan fingerprint density at radius 3 is 2.55 bits per heavy atom. The molecule has 10 heteroatoms. The molecule has 6 rings (SSSR count). The van der Waals surface area contributed by atoms with E-state index >= 15 is 0 Å². The van der Waals surface area contributed by atoms with E-state index in [4.69, 9.17) is 14.2 Å². The molecule has 1 unspecified atom stereocenters. The first kappa shape index (κ1) is 29.1. The maximum absolute atomic E-state index is 13.6. The molecule has 0 saturated heterocycles. The number of fused-ring (bicyclic) bond motifs is 6. The van der Waals surface area contributed by atoms with Crippen LogP contribution in [-0.2, 0) is 29.0 Å². The molecule has 4 aromatic rings. The summed E-state index contributed by atoms with van der Waals surface area (Å²) in [6, 6.07) is 14.8. The number of amides is 2. The van der Waals surface area contributed by atoms with Gasteiger partial charge < -0.3 is 34.7 Å². The number of nitrogens with one attached hydrogen (secondary N) is 3. The smallest absolute Gasteiger partial charge is 0.242 e. The van der Waals surface area contributed by atoms with E-state index in [0.29, 0.717) is 48.7 Å². The summed E-state index contributed by atoms with van der Waals surface area (Å²) >= 11 is 0. The summed E-state index contributed by atoms with van der Waals surface area (Å²) in [4.78, 5) is 44.4. The molecule has 2 amide bonds. The van der Waals surface area contributed by atoms with E-state index in [1.165, 1.54) is 17.9 Å². The predicted octanol–water partition coefficient (Wildman–Crippen LogP) is 4.34. The number of rotatable bonds is 7. The Balaban J connectivity index is 1.33. The average molecular weight is 597 g/mol. The minimum atomic E-state index is -0.412. The Labute approximate surface area is 255 Å². The number of ether oxygens (including phenoxy) is 3. The minimum Gasteiger partial charge on any atom is -0.493 e. The van der Waals surface area contributed by atoms with Crippen molar-refractivity contribution < 1.29 is 23.8 Å². The quantitative estimate of drug-likeness (QED) is 0.290. The first-order chi connectivity index (χ1) is 21.3. The average Bonchev–Trinajstić information content (AvgIpc) is 3.24. The van der Waals surface area contributed by atoms with Crippen LogP contribution >= 0.6 is 0 Å². The van der Waals surface area contributed by atoms with Gasteiger partial charge >= 0.3 is 0 Å². The van der Waals surface area contributed by atoms with Crippen LogP contribution in [0.1, 0.15) is 41.8 Å². The Hall–Kier alpha value is -4.99. The molecule has 10 nitrogen and oxygen atoms in total. The number of H-pyrrole nitrogens is 1. The highest BCUT2D eigenvalue weighted by atomic mass is 16.5. The number of methoxy groups -OCH3 is 3. The van der Waals surface area contributed by atoms with Crippen LogP contribution in [0.2, 0.25) is 0 Å². The number of aromatic amines is 1. The molecular weight excluding hydrogens is 560 g/mol. The molecule has 0 spiro atoms. The first-order valence-electron chi connectivity index (χ1n) is 14.7. The molecule has 44 heavy (non-hydrogen) atoms. The van der Waals surface area contributed by atoms with Crippen molar-refractivity contribution in [2.45, 2.75) is 38.8 Å². The Morgan fingerprint density at radius 1 is 1.00 bits per heavy atom. The molecule has 3 N–H and O–H groups in total. The number of carbonyl (C=O) groups is 2. The third-order valence-electron chi connectivity index (χ3n) is 8.58. The van der Waals surface area contributed by atoms with Crippen molar-refractivity contribution in [3.05, 3.63) is 81.1 Å². The van der Waals surface area contributed by atoms with Crippen molar-refractivity contribution in [3.8, 4) is 28.4 Å². The van der Waals surface area contributed by atoms with Crippen molar-refractivity contribution in [2.24, 2.45) is 0 Å². The molecule has 2 aliphatic rings. The van der Waals surface area contributed by atoms with E-state index < -0.39 is 6.04 Å². The summed E-state index contributed by atoms with van der Waals surface area (Å²) in [7, 11) is 4.68. The summed E-state index contributed by atoms with van der Waals surface area (Å²) in [6.45, 7) is 2.53. The number of benzene rings is 2. The number of hydrogen-bond acceptors (Lipinski definition) is 7. The van der Waals surface area contributed by atoms with Crippen LogP contribution in [0.25, 0.3) is 22.0 Å². The highest BCUT2D eigenvalue weighted by Crippen LogP contribution is 2.50. The lowest BCUT2D eigenvalue weighted by atomic mass is 9.95. The van der Waals surface area contributed by atoms with E-state index in [-0.39, 0.29) is 29.5 Å². The number of anilines is 1. The molecule has 0 radical (unpaired) electrons. The second-order valence-corrected chi connectivity index (χ2v) is 11.1. The normalized spacial score (nSPS) is 15.4. The Morgan fingerprint density at radius 2 is 1.80 bits per heavy atom. The molecule has 2 heterocycles. The summed E-state index contributed by atoms with van der Waals surface area (Å²) in [5, 5.41) is 7.31. The molecule has 1 aliphatic heterocycles. The predicted molar refractivity (Wildman–Crippen MR) is 169 cm³/mol. The summed E-state index contributed by atoms with van der Waals surface area (Å²) in [5.41, 5.74) is 6.50. The van der Waals surface area contributed by atoms with Gasteiger partial charge in [-0.1, -0.05) is 24.3 Å². The molecule has 1 atom stereocenters. The third kappa shape index (κ3) is 5.21. The number of nitrogens with zero attached hydrogens (tertiary/aromatic N) is 1. The van der Waals surface area contributed by atoms with Crippen LogP contribution in [0.4, 0.5) is 5.69 Å². The van der Waals surface area contributed by atoms with Gasteiger partial charge in [0.15, 0.2) is 11.5 Å². The van der Waals surface area contributed by atoms with Crippen LogP contribution in [-0.4, -0.2) is 56.1 Å². The highest BCUT2D eigenvalue weighted by molar-refractivity contribution is 5.87. The standard InChI is InChI=1S/C34H36N4O6/c1-19(39)36-26-11-9-20-15-30(42-2)33(43-3)34(44-4)32(20)23-10-12-27(29(40)16-24(23)26)35-17-31(41)38-14-13-22-21-7-5-6-8-25(21)37-28(22)18-38/h5-8,10,12,15-16,26,37H,9,11,13-14,17-18H2,1-4H3,(H,35,40)(H,36,39). The number of hydrogen-bond donors (Lipinski definition) is 3. The van der Waals surface area contributed by atoms with E-state index in [1.807, 2.05) is 30.3 Å². The maximum atomic E-state index is 13.6. The maximum Gasteiger partial charge on any atom is 0.242 e. The summed E-state index contributed by atoms with van der Waals surface area (Å²) in [5.74, 6) is 1.16. The molecular formula is C34H36N4O6. The fourth-order valence-electron chi connectivity index (χ4n) is 6.54. The van der Waals surface area contributed by atoms with Crippen LogP contribution in [0, 0.1) is 0 Å². The van der Waals surface area contributed by atoms with Crippen LogP contribution < -0.4 is 30.3 Å². The zero-order valence-corrected chi connectivity index (χ0v) is 25.3. The van der Waals surface area contributed by atoms with Gasteiger partial charge in [0.25, 0.3) is 0 Å². The second kappa shape index (κ2) is 11.9. The van der Waals surface area contributed by atoms with Crippen molar-refractivity contribution in [1.29, 1.82) is 0 Å². The Kier molecular flexibility index (Phi) is 7.90. The third-order valence-corrected chi connectivity index (χ3v) is 8.58. The van der Waals surface area contributed by atoms with Gasteiger partial charge in [-0.15, -0.1) is 0 Å². The fraction of sp³-hybridized carbons (Fsp3) is 0.324. The topological polar surface area (TPSA) is 122 Å². The Bertz CT molecular complexity index is 1830. The van der Waals surface area contributed by atoms with Gasteiger partial charge in [0.2, 0.25) is 23.0 Å². The zero-order valence-electron chi connectivity index (χ0n) is 25.3. The van der Waals surface area contributed by atoms with Crippen molar-refractivity contribution >= 4 is 28.4 Å². The molecule has 0 fully saturated rings. The second-order valence-electron chi connectivity index (χ2n) is 11.1.